The van der Waals surface area contributed by atoms with E-state index in [1.54, 1.807) is 0 Å². The molecular formula is C13H23N3. The highest BCUT2D eigenvalue weighted by atomic mass is 15.3. The monoisotopic (exact) mass is 221 g/mol. The molecule has 1 rings (SSSR count). The molecule has 1 atom stereocenters. The third-order valence-electron chi connectivity index (χ3n) is 2.58. The van der Waals surface area contributed by atoms with Gasteiger partial charge in [0, 0.05) is 12.6 Å². The SMILES string of the molecule is Cc1cc(C)cc(CC(CN(C)C)NN)c1. The van der Waals surface area contributed by atoms with E-state index in [0.717, 1.165) is 13.0 Å². The van der Waals surface area contributed by atoms with Crippen LogP contribution in [0.15, 0.2) is 18.2 Å². The van der Waals surface area contributed by atoms with Crippen molar-refractivity contribution in [1.82, 2.24) is 10.3 Å². The number of nitrogens with zero attached hydrogens (tertiary/aromatic N) is 1. The van der Waals surface area contributed by atoms with Gasteiger partial charge in [0.05, 0.1) is 0 Å². The molecule has 3 nitrogen and oxygen atoms in total. The van der Waals surface area contributed by atoms with Crippen LogP contribution in [0.2, 0.25) is 0 Å². The quantitative estimate of drug-likeness (QED) is 0.580. The van der Waals surface area contributed by atoms with Crippen LogP contribution in [0.4, 0.5) is 0 Å². The lowest BCUT2D eigenvalue weighted by atomic mass is 10.0. The summed E-state index contributed by atoms with van der Waals surface area (Å²) in [6.45, 7) is 5.21. The Morgan fingerprint density at radius 3 is 2.19 bits per heavy atom. The molecule has 16 heavy (non-hydrogen) atoms. The van der Waals surface area contributed by atoms with E-state index in [9.17, 15) is 0 Å². The fraction of sp³-hybridized carbons (Fsp3) is 0.538. The maximum Gasteiger partial charge on any atom is 0.0377 e. The standard InChI is InChI=1S/C13H23N3/c1-10-5-11(2)7-12(6-10)8-13(15-14)9-16(3)4/h5-7,13,15H,8-9,14H2,1-4H3. The highest BCUT2D eigenvalue weighted by molar-refractivity contribution is 5.29. The van der Waals surface area contributed by atoms with Crippen LogP contribution in [0, 0.1) is 13.8 Å². The predicted molar refractivity (Wildman–Crippen MR) is 69.3 cm³/mol. The van der Waals surface area contributed by atoms with Crippen molar-refractivity contribution in [2.75, 3.05) is 20.6 Å². The molecule has 0 spiro atoms. The Balaban J connectivity index is 2.69. The molecule has 3 N–H and O–H groups in total. The summed E-state index contributed by atoms with van der Waals surface area (Å²) in [6, 6.07) is 6.96. The zero-order valence-corrected chi connectivity index (χ0v) is 10.7. The number of likely N-dealkylation sites (N-methyl/N-ethyl adjacent to an activating group) is 1. The molecule has 0 aliphatic heterocycles. The molecule has 90 valence electrons. The van der Waals surface area contributed by atoms with E-state index in [-0.39, 0.29) is 0 Å². The average Bonchev–Trinajstić information content (AvgIpc) is 2.14. The number of aryl methyl sites for hydroxylation is 2. The van der Waals surface area contributed by atoms with E-state index in [1.807, 2.05) is 0 Å². The summed E-state index contributed by atoms with van der Waals surface area (Å²) in [5, 5.41) is 0. The molecule has 0 saturated heterocycles. The largest absolute Gasteiger partial charge is 0.308 e. The van der Waals surface area contributed by atoms with E-state index in [1.165, 1.54) is 16.7 Å². The Labute approximate surface area is 98.6 Å². The van der Waals surface area contributed by atoms with Gasteiger partial charge in [-0.05, 0) is 39.9 Å². The minimum atomic E-state index is 0.302. The molecule has 0 saturated carbocycles. The van der Waals surface area contributed by atoms with Gasteiger partial charge >= 0.3 is 0 Å². The second kappa shape index (κ2) is 5.99. The molecule has 1 unspecified atom stereocenters. The fourth-order valence-corrected chi connectivity index (χ4v) is 2.09. The lowest BCUT2D eigenvalue weighted by Crippen LogP contribution is -2.43. The van der Waals surface area contributed by atoms with Crippen molar-refractivity contribution in [3.05, 3.63) is 34.9 Å². The third kappa shape index (κ3) is 4.31. The number of hydrogen-bond acceptors (Lipinski definition) is 3. The fourth-order valence-electron chi connectivity index (χ4n) is 2.09. The van der Waals surface area contributed by atoms with Crippen LogP contribution in [0.25, 0.3) is 0 Å². The smallest absolute Gasteiger partial charge is 0.0377 e. The first-order valence-electron chi connectivity index (χ1n) is 5.69. The van der Waals surface area contributed by atoms with Crippen LogP contribution in [0.3, 0.4) is 0 Å². The molecule has 0 aliphatic carbocycles. The van der Waals surface area contributed by atoms with Gasteiger partial charge in [-0.1, -0.05) is 29.3 Å². The molecule has 0 fully saturated rings. The summed E-state index contributed by atoms with van der Waals surface area (Å²) in [7, 11) is 4.12. The number of nitrogens with two attached hydrogens (primary N) is 1. The van der Waals surface area contributed by atoms with Crippen LogP contribution in [0.5, 0.6) is 0 Å². The molecule has 0 amide bonds. The maximum absolute atomic E-state index is 5.57. The van der Waals surface area contributed by atoms with Crippen LogP contribution >= 0.6 is 0 Å². The number of nitrogens with one attached hydrogen (secondary N) is 1. The summed E-state index contributed by atoms with van der Waals surface area (Å²) in [4.78, 5) is 2.15. The summed E-state index contributed by atoms with van der Waals surface area (Å²) in [5.41, 5.74) is 6.86. The molecule has 0 heterocycles. The first kappa shape index (κ1) is 13.2. The Morgan fingerprint density at radius 1 is 1.19 bits per heavy atom. The molecule has 0 aromatic heterocycles. The van der Waals surface area contributed by atoms with Gasteiger partial charge in [-0.25, -0.2) is 0 Å². The number of benzene rings is 1. The molecule has 1 aromatic carbocycles. The van der Waals surface area contributed by atoms with Crippen molar-refractivity contribution < 1.29 is 0 Å². The van der Waals surface area contributed by atoms with Crippen molar-refractivity contribution in [3.8, 4) is 0 Å². The van der Waals surface area contributed by atoms with E-state index >= 15 is 0 Å². The highest BCUT2D eigenvalue weighted by Gasteiger charge is 2.09. The van der Waals surface area contributed by atoms with Crippen molar-refractivity contribution in [2.45, 2.75) is 26.3 Å². The summed E-state index contributed by atoms with van der Waals surface area (Å²) in [5.74, 6) is 5.57. The van der Waals surface area contributed by atoms with Gasteiger partial charge in [-0.2, -0.15) is 0 Å². The van der Waals surface area contributed by atoms with Crippen LogP contribution in [0.1, 0.15) is 16.7 Å². The Hall–Kier alpha value is -0.900. The minimum absolute atomic E-state index is 0.302. The minimum Gasteiger partial charge on any atom is -0.308 e. The van der Waals surface area contributed by atoms with Gasteiger partial charge in [0.2, 0.25) is 0 Å². The van der Waals surface area contributed by atoms with E-state index in [2.05, 4.69) is 56.5 Å². The van der Waals surface area contributed by atoms with Crippen LogP contribution in [-0.4, -0.2) is 31.6 Å². The summed E-state index contributed by atoms with van der Waals surface area (Å²) < 4.78 is 0. The van der Waals surface area contributed by atoms with Gasteiger partial charge in [0.1, 0.15) is 0 Å². The average molecular weight is 221 g/mol. The van der Waals surface area contributed by atoms with Gasteiger partial charge in [0.15, 0.2) is 0 Å². The zero-order valence-electron chi connectivity index (χ0n) is 10.7. The molecule has 0 bridgehead atoms. The highest BCUT2D eigenvalue weighted by Crippen LogP contribution is 2.11. The number of rotatable bonds is 5. The Bertz CT molecular complexity index is 314. The molecule has 3 heteroatoms. The predicted octanol–water partition coefficient (Wildman–Crippen LogP) is 1.24. The zero-order chi connectivity index (χ0) is 12.1. The second-order valence-corrected chi connectivity index (χ2v) is 4.83. The topological polar surface area (TPSA) is 41.3 Å². The van der Waals surface area contributed by atoms with Crippen molar-refractivity contribution in [1.29, 1.82) is 0 Å². The molecule has 0 aliphatic rings. The molecule has 1 aromatic rings. The van der Waals surface area contributed by atoms with E-state index in [4.69, 9.17) is 5.84 Å². The third-order valence-corrected chi connectivity index (χ3v) is 2.58. The lowest BCUT2D eigenvalue weighted by molar-refractivity contribution is 0.338. The van der Waals surface area contributed by atoms with Crippen molar-refractivity contribution >= 4 is 0 Å². The molecular weight excluding hydrogens is 198 g/mol. The Morgan fingerprint density at radius 2 is 1.75 bits per heavy atom. The molecule has 0 radical (unpaired) electrons. The normalized spacial score (nSPS) is 13.1. The van der Waals surface area contributed by atoms with E-state index in [0.29, 0.717) is 6.04 Å². The van der Waals surface area contributed by atoms with Gasteiger partial charge in [-0.15, -0.1) is 0 Å². The lowest BCUT2D eigenvalue weighted by Gasteiger charge is -2.20. The van der Waals surface area contributed by atoms with Crippen molar-refractivity contribution in [3.63, 3.8) is 0 Å². The Kier molecular flexibility index (Phi) is 4.93. The van der Waals surface area contributed by atoms with Gasteiger partial charge in [0.25, 0.3) is 0 Å². The van der Waals surface area contributed by atoms with Crippen LogP contribution in [-0.2, 0) is 6.42 Å². The van der Waals surface area contributed by atoms with E-state index < -0.39 is 0 Å². The van der Waals surface area contributed by atoms with Crippen molar-refractivity contribution in [2.24, 2.45) is 5.84 Å². The number of hydrogen-bond donors (Lipinski definition) is 2. The first-order valence-corrected chi connectivity index (χ1v) is 5.69. The summed E-state index contributed by atoms with van der Waals surface area (Å²) >= 11 is 0. The second-order valence-electron chi connectivity index (χ2n) is 4.83. The maximum atomic E-state index is 5.57. The van der Waals surface area contributed by atoms with Crippen LogP contribution < -0.4 is 11.3 Å². The number of hydrazine groups is 1. The first-order chi connectivity index (χ1) is 7.51. The van der Waals surface area contributed by atoms with Gasteiger partial charge in [-0.3, -0.25) is 11.3 Å². The summed E-state index contributed by atoms with van der Waals surface area (Å²) in [6.07, 6.45) is 0.969. The van der Waals surface area contributed by atoms with Gasteiger partial charge < -0.3 is 4.90 Å².